The standard InChI is InChI=1S/C20H19F5N4O3/c1-11(13-4-5-17(27-9-13)32-10-19(21,22)20(23,24)25)28-18(31)14-6-7-26-16(29-14)8-15(30)12-2-3-12/h4-7,9,11-12H,2-3,8,10H2,1H3,(H,28,31). The number of pyridine rings is 1. The van der Waals surface area contributed by atoms with Gasteiger partial charge in [0.15, 0.2) is 6.61 Å². The molecule has 0 radical (unpaired) electrons. The summed E-state index contributed by atoms with van der Waals surface area (Å²) in [6.45, 7) is -0.277. The maximum absolute atomic E-state index is 12.9. The highest BCUT2D eigenvalue weighted by Gasteiger charge is 2.58. The van der Waals surface area contributed by atoms with E-state index >= 15 is 0 Å². The number of halogens is 5. The molecule has 1 aliphatic carbocycles. The Kier molecular flexibility index (Phi) is 6.70. The molecular weight excluding hydrogens is 439 g/mol. The SMILES string of the molecule is CC(NC(=O)c1ccnc(CC(=O)C2CC2)n1)c1ccc(OCC(F)(F)C(F)(F)F)nc1. The second-order valence-electron chi connectivity index (χ2n) is 7.39. The third kappa shape index (κ3) is 5.95. The molecule has 2 aromatic rings. The van der Waals surface area contributed by atoms with Crippen LogP contribution < -0.4 is 10.1 Å². The molecule has 0 spiro atoms. The quantitative estimate of drug-likeness (QED) is 0.579. The van der Waals surface area contributed by atoms with Crippen LogP contribution in [0.3, 0.4) is 0 Å². The first-order valence-electron chi connectivity index (χ1n) is 9.65. The summed E-state index contributed by atoms with van der Waals surface area (Å²) in [7, 11) is 0. The normalized spacial score (nSPS) is 15.2. The van der Waals surface area contributed by atoms with E-state index in [0.29, 0.717) is 5.56 Å². The van der Waals surface area contributed by atoms with Gasteiger partial charge in [-0.3, -0.25) is 9.59 Å². The lowest BCUT2D eigenvalue weighted by Gasteiger charge is -2.19. The number of ether oxygens (including phenoxy) is 1. The van der Waals surface area contributed by atoms with Gasteiger partial charge in [0.05, 0.1) is 12.5 Å². The van der Waals surface area contributed by atoms with Gasteiger partial charge in [-0.25, -0.2) is 15.0 Å². The second kappa shape index (κ2) is 9.13. The van der Waals surface area contributed by atoms with Gasteiger partial charge >= 0.3 is 12.1 Å². The Balaban J connectivity index is 1.56. The first-order chi connectivity index (χ1) is 15.0. The molecule has 1 amide bonds. The zero-order valence-corrected chi connectivity index (χ0v) is 16.8. The molecule has 1 fully saturated rings. The van der Waals surface area contributed by atoms with Crippen LogP contribution in [0.5, 0.6) is 5.88 Å². The van der Waals surface area contributed by atoms with Crippen molar-refractivity contribution in [3.63, 3.8) is 0 Å². The molecule has 32 heavy (non-hydrogen) atoms. The minimum absolute atomic E-state index is 0.0392. The van der Waals surface area contributed by atoms with E-state index in [1.807, 2.05) is 0 Å². The van der Waals surface area contributed by atoms with Gasteiger partial charge in [-0.2, -0.15) is 22.0 Å². The van der Waals surface area contributed by atoms with Crippen molar-refractivity contribution >= 4 is 11.7 Å². The summed E-state index contributed by atoms with van der Waals surface area (Å²) >= 11 is 0. The van der Waals surface area contributed by atoms with Crippen LogP contribution >= 0.6 is 0 Å². The number of carbonyl (C=O) groups is 2. The van der Waals surface area contributed by atoms with Gasteiger partial charge in [-0.1, -0.05) is 6.07 Å². The molecule has 2 aromatic heterocycles. The number of Topliss-reactive ketones (excluding diaryl/α,β-unsaturated/α-hetero) is 1. The maximum atomic E-state index is 12.9. The van der Waals surface area contributed by atoms with Crippen LogP contribution in [0.25, 0.3) is 0 Å². The monoisotopic (exact) mass is 458 g/mol. The number of carbonyl (C=O) groups excluding carboxylic acids is 2. The molecule has 172 valence electrons. The van der Waals surface area contributed by atoms with Crippen molar-refractivity contribution in [1.82, 2.24) is 20.3 Å². The van der Waals surface area contributed by atoms with E-state index in [9.17, 15) is 31.5 Å². The summed E-state index contributed by atoms with van der Waals surface area (Å²) in [5.74, 6) is -5.62. The largest absolute Gasteiger partial charge is 0.471 e. The van der Waals surface area contributed by atoms with E-state index in [-0.39, 0.29) is 29.6 Å². The van der Waals surface area contributed by atoms with Crippen molar-refractivity contribution in [2.45, 2.75) is 44.3 Å². The van der Waals surface area contributed by atoms with E-state index in [0.717, 1.165) is 18.9 Å². The van der Waals surface area contributed by atoms with Crippen LogP contribution in [-0.2, 0) is 11.2 Å². The molecule has 0 aromatic carbocycles. The topological polar surface area (TPSA) is 94.1 Å². The van der Waals surface area contributed by atoms with Gasteiger partial charge in [-0.15, -0.1) is 0 Å². The number of amides is 1. The van der Waals surface area contributed by atoms with E-state index in [2.05, 4.69) is 25.0 Å². The molecule has 3 rings (SSSR count). The van der Waals surface area contributed by atoms with Crippen LogP contribution in [-0.4, -0.2) is 45.3 Å². The number of nitrogens with zero attached hydrogens (tertiary/aromatic N) is 3. The van der Waals surface area contributed by atoms with Crippen molar-refractivity contribution in [2.24, 2.45) is 5.92 Å². The van der Waals surface area contributed by atoms with Gasteiger partial charge in [0, 0.05) is 24.4 Å². The van der Waals surface area contributed by atoms with Crippen molar-refractivity contribution in [1.29, 1.82) is 0 Å². The first kappa shape index (κ1) is 23.5. The minimum atomic E-state index is -5.72. The predicted octanol–water partition coefficient (Wildman–Crippen LogP) is 3.46. The lowest BCUT2D eigenvalue weighted by atomic mass is 10.1. The molecule has 1 saturated carbocycles. The molecule has 0 aliphatic heterocycles. The number of hydrogen-bond acceptors (Lipinski definition) is 6. The number of nitrogens with one attached hydrogen (secondary N) is 1. The number of rotatable bonds is 9. The fourth-order valence-corrected chi connectivity index (χ4v) is 2.65. The Labute approximate surface area is 179 Å². The van der Waals surface area contributed by atoms with Crippen molar-refractivity contribution in [3.8, 4) is 5.88 Å². The molecular formula is C20H19F5N4O3. The van der Waals surface area contributed by atoms with Crippen molar-refractivity contribution < 1.29 is 36.3 Å². The Morgan fingerprint density at radius 3 is 2.47 bits per heavy atom. The molecule has 1 N–H and O–H groups in total. The summed E-state index contributed by atoms with van der Waals surface area (Å²) < 4.78 is 66.8. The Morgan fingerprint density at radius 2 is 1.88 bits per heavy atom. The van der Waals surface area contributed by atoms with Gasteiger partial charge < -0.3 is 10.1 Å². The lowest BCUT2D eigenvalue weighted by Crippen LogP contribution is -2.41. The average Bonchev–Trinajstić information content (AvgIpc) is 3.57. The highest BCUT2D eigenvalue weighted by Crippen LogP contribution is 2.35. The third-order valence-corrected chi connectivity index (χ3v) is 4.73. The Morgan fingerprint density at radius 1 is 1.16 bits per heavy atom. The zero-order chi connectivity index (χ0) is 23.5. The smallest absolute Gasteiger partial charge is 0.456 e. The van der Waals surface area contributed by atoms with Crippen LogP contribution in [0.2, 0.25) is 0 Å². The van der Waals surface area contributed by atoms with Crippen molar-refractivity contribution in [2.75, 3.05) is 6.61 Å². The zero-order valence-electron chi connectivity index (χ0n) is 16.8. The van der Waals surface area contributed by atoms with Crippen LogP contribution in [0.15, 0.2) is 30.6 Å². The number of hydrogen-bond donors (Lipinski definition) is 1. The van der Waals surface area contributed by atoms with Crippen LogP contribution in [0.1, 0.15) is 47.7 Å². The maximum Gasteiger partial charge on any atom is 0.456 e. The summed E-state index contributed by atoms with van der Waals surface area (Å²) in [5, 5.41) is 2.66. The molecule has 0 bridgehead atoms. The number of alkyl halides is 5. The first-order valence-corrected chi connectivity index (χ1v) is 9.65. The average molecular weight is 458 g/mol. The van der Waals surface area contributed by atoms with Gasteiger partial charge in [0.1, 0.15) is 17.3 Å². The molecule has 1 aliphatic rings. The molecule has 7 nitrogen and oxygen atoms in total. The Hall–Kier alpha value is -3.18. The fraction of sp³-hybridized carbons (Fsp3) is 0.450. The van der Waals surface area contributed by atoms with Crippen molar-refractivity contribution in [3.05, 3.63) is 47.7 Å². The summed E-state index contributed by atoms with van der Waals surface area (Å²) in [4.78, 5) is 36.2. The molecule has 12 heteroatoms. The highest BCUT2D eigenvalue weighted by molar-refractivity contribution is 5.92. The second-order valence-corrected chi connectivity index (χ2v) is 7.39. The molecule has 2 heterocycles. The molecule has 1 atom stereocenters. The van der Waals surface area contributed by atoms with Gasteiger partial charge in [0.25, 0.3) is 5.91 Å². The van der Waals surface area contributed by atoms with E-state index < -0.39 is 36.5 Å². The third-order valence-electron chi connectivity index (χ3n) is 4.73. The minimum Gasteiger partial charge on any atom is -0.471 e. The number of aromatic nitrogens is 3. The molecule has 1 unspecified atom stereocenters. The van der Waals surface area contributed by atoms with Crippen LogP contribution in [0.4, 0.5) is 22.0 Å². The number of ketones is 1. The van der Waals surface area contributed by atoms with E-state index in [1.54, 1.807) is 6.92 Å². The summed E-state index contributed by atoms with van der Waals surface area (Å²) in [6.07, 6.45) is -1.38. The van der Waals surface area contributed by atoms with Gasteiger partial charge in [-0.05, 0) is 31.4 Å². The van der Waals surface area contributed by atoms with Crippen LogP contribution in [0, 0.1) is 5.92 Å². The summed E-state index contributed by atoms with van der Waals surface area (Å²) in [6, 6.07) is 3.30. The Bertz CT molecular complexity index is 978. The predicted molar refractivity (Wildman–Crippen MR) is 100 cm³/mol. The highest BCUT2D eigenvalue weighted by atomic mass is 19.4. The lowest BCUT2D eigenvalue weighted by molar-refractivity contribution is -0.290. The van der Waals surface area contributed by atoms with Gasteiger partial charge in [0.2, 0.25) is 5.88 Å². The molecule has 0 saturated heterocycles. The summed E-state index contributed by atoms with van der Waals surface area (Å²) in [5.41, 5.74) is 0.513. The van der Waals surface area contributed by atoms with E-state index in [1.165, 1.54) is 24.5 Å². The fourth-order valence-electron chi connectivity index (χ4n) is 2.65. The van der Waals surface area contributed by atoms with E-state index in [4.69, 9.17) is 0 Å².